The molecule has 0 fully saturated rings. The summed E-state index contributed by atoms with van der Waals surface area (Å²) in [6.45, 7) is 29.4. The molecule has 8 nitrogen and oxygen atoms in total. The first kappa shape index (κ1) is 38.2. The zero-order chi connectivity index (χ0) is 28.1. The minimum Gasteiger partial charge on any atom is -0.392 e. The maximum atomic E-state index is 5.76. The monoisotopic (exact) mass is 584 g/mol. The third kappa shape index (κ3) is 17.5. The van der Waals surface area contributed by atoms with Crippen molar-refractivity contribution in [1.29, 1.82) is 0 Å². The topological polar surface area (TPSA) is 73.8 Å². The van der Waals surface area contributed by atoms with Crippen molar-refractivity contribution in [2.45, 2.75) is 81.6 Å². The molecule has 0 spiro atoms. The Morgan fingerprint density at radius 2 is 0.417 bits per heavy atom. The molecule has 0 atom stereocenters. The molecule has 0 N–H and O–H groups in total. The van der Waals surface area contributed by atoms with Crippen LogP contribution in [0.2, 0.25) is 26.2 Å². The van der Waals surface area contributed by atoms with Gasteiger partial charge in [0.2, 0.25) is 0 Å². The van der Waals surface area contributed by atoms with Crippen LogP contribution in [0.1, 0.15) is 55.4 Å². The van der Waals surface area contributed by atoms with E-state index >= 15 is 0 Å². The van der Waals surface area contributed by atoms with E-state index in [1.165, 1.54) is 0 Å². The second kappa shape index (κ2) is 20.9. The van der Waals surface area contributed by atoms with Gasteiger partial charge in [0.15, 0.2) is 0 Å². The fraction of sp³-hybridized carbons (Fsp3) is 0.833. The van der Waals surface area contributed by atoms with Crippen LogP contribution in [0.4, 0.5) is 0 Å². The smallest absolute Gasteiger partial charge is 0.361 e. The van der Waals surface area contributed by atoms with E-state index in [2.05, 4.69) is 22.8 Å². The van der Waals surface area contributed by atoms with E-state index < -0.39 is 34.2 Å². The van der Waals surface area contributed by atoms with Crippen LogP contribution in [0.3, 0.4) is 0 Å². The van der Waals surface area contributed by atoms with Crippen molar-refractivity contribution in [1.82, 2.24) is 0 Å². The number of hydrogen-bond acceptors (Lipinski definition) is 8. The van der Waals surface area contributed by atoms with Gasteiger partial charge in [-0.05, 0) is 104 Å². The van der Waals surface area contributed by atoms with Gasteiger partial charge in [0.25, 0.3) is 0 Å². The average molecular weight is 585 g/mol. The summed E-state index contributed by atoms with van der Waals surface area (Å²) in [5, 5.41) is 0. The van der Waals surface area contributed by atoms with Gasteiger partial charge < -0.3 is 35.4 Å². The van der Waals surface area contributed by atoms with E-state index in [0.29, 0.717) is 52.9 Å². The minimum atomic E-state index is -2.22. The quantitative estimate of drug-likeness (QED) is 0.166. The maximum Gasteiger partial charge on any atom is 0.361 e. The van der Waals surface area contributed by atoms with Crippen LogP contribution in [0.25, 0.3) is 0 Å². The Morgan fingerprint density at radius 1 is 0.306 bits per heavy atom. The van der Waals surface area contributed by atoms with Gasteiger partial charge in [0.05, 0.1) is 0 Å². The molecule has 0 aromatic heterocycles. The fourth-order valence-electron chi connectivity index (χ4n) is 3.45. The lowest BCUT2D eigenvalue weighted by atomic mass is 10.9. The van der Waals surface area contributed by atoms with E-state index in [-0.39, 0.29) is 0 Å². The molecule has 0 aliphatic heterocycles. The molecule has 0 aromatic rings. The van der Waals surface area contributed by atoms with Crippen molar-refractivity contribution in [3.63, 3.8) is 0 Å². The molecule has 36 heavy (non-hydrogen) atoms. The molecule has 216 valence electrons. The molecule has 0 saturated carbocycles. The molecule has 0 amide bonds. The first-order valence-electron chi connectivity index (χ1n) is 13.4. The zero-order valence-electron chi connectivity index (χ0n) is 25.2. The van der Waals surface area contributed by atoms with Gasteiger partial charge in [-0.2, -0.15) is 0 Å². The van der Waals surface area contributed by atoms with Gasteiger partial charge in [0, 0.05) is 52.9 Å². The molecule has 0 heterocycles. The first-order valence-corrected chi connectivity index (χ1v) is 23.0. The third-order valence-electron chi connectivity index (χ3n) is 4.83. The highest BCUT2D eigenvalue weighted by Gasteiger charge is 2.34. The van der Waals surface area contributed by atoms with Crippen molar-refractivity contribution >= 4 is 34.2 Å². The standard InChI is InChI=1S/2C12H28O4Si2/c2*1-7-13-17(5,14-8-2)11-12-18(6,15-9-3)16-10-4/h2*11-12H,7-10H2,1-6H3. The normalized spacial score (nSPS) is 13.4. The Bertz CT molecular complexity index is 470. The van der Waals surface area contributed by atoms with Crippen molar-refractivity contribution in [3.8, 4) is 0 Å². The summed E-state index contributed by atoms with van der Waals surface area (Å²) in [5.41, 5.74) is 8.21. The fourth-order valence-corrected chi connectivity index (χ4v) is 14.0. The lowest BCUT2D eigenvalue weighted by Gasteiger charge is -2.26. The number of hydrogen-bond donors (Lipinski definition) is 0. The van der Waals surface area contributed by atoms with Crippen LogP contribution in [0.15, 0.2) is 22.8 Å². The second-order valence-electron chi connectivity index (χ2n) is 8.19. The van der Waals surface area contributed by atoms with Crippen LogP contribution >= 0.6 is 0 Å². The highest BCUT2D eigenvalue weighted by atomic mass is 28.4. The molecule has 0 aliphatic carbocycles. The summed E-state index contributed by atoms with van der Waals surface area (Å²) in [6.07, 6.45) is 0. The van der Waals surface area contributed by atoms with Crippen molar-refractivity contribution in [3.05, 3.63) is 22.8 Å². The molecule has 0 aliphatic rings. The third-order valence-corrected chi connectivity index (χ3v) is 15.5. The highest BCUT2D eigenvalue weighted by molar-refractivity contribution is 6.77. The molecular formula is C24H56O8Si4. The van der Waals surface area contributed by atoms with Crippen LogP contribution in [-0.2, 0) is 35.4 Å². The van der Waals surface area contributed by atoms with Gasteiger partial charge in [-0.1, -0.05) is 0 Å². The van der Waals surface area contributed by atoms with Crippen molar-refractivity contribution in [2.24, 2.45) is 0 Å². The predicted molar refractivity (Wildman–Crippen MR) is 158 cm³/mol. The zero-order valence-corrected chi connectivity index (χ0v) is 29.2. The lowest BCUT2D eigenvalue weighted by molar-refractivity contribution is 0.196. The van der Waals surface area contributed by atoms with Gasteiger partial charge in [-0.15, -0.1) is 0 Å². The van der Waals surface area contributed by atoms with Gasteiger partial charge in [0.1, 0.15) is 0 Å². The van der Waals surface area contributed by atoms with Gasteiger partial charge >= 0.3 is 34.2 Å². The minimum absolute atomic E-state index is 0.661. The maximum absolute atomic E-state index is 5.76. The molecule has 0 bridgehead atoms. The van der Waals surface area contributed by atoms with E-state index in [9.17, 15) is 0 Å². The lowest BCUT2D eigenvalue weighted by Crippen LogP contribution is -2.41. The molecule has 0 radical (unpaired) electrons. The SMILES string of the molecule is CCO[Si](C)(C=C[Si](C)(OCC)OCC)OCC.CCO[Si](C)(C=C[Si](C)(OCC)OCC)OCC. The van der Waals surface area contributed by atoms with Gasteiger partial charge in [-0.25, -0.2) is 0 Å². The average Bonchev–Trinajstić information content (AvgIpc) is 2.79. The molecule has 0 saturated heterocycles. The van der Waals surface area contributed by atoms with Crippen molar-refractivity contribution < 1.29 is 35.4 Å². The summed E-state index contributed by atoms with van der Waals surface area (Å²) >= 11 is 0. The molecular weight excluding hydrogens is 529 g/mol. The van der Waals surface area contributed by atoms with E-state index in [0.717, 1.165) is 0 Å². The van der Waals surface area contributed by atoms with Crippen LogP contribution in [0.5, 0.6) is 0 Å². The van der Waals surface area contributed by atoms with Gasteiger partial charge in [-0.3, -0.25) is 0 Å². The van der Waals surface area contributed by atoms with Crippen LogP contribution in [0, 0.1) is 0 Å². The van der Waals surface area contributed by atoms with E-state index in [4.69, 9.17) is 35.4 Å². The molecule has 0 aromatic carbocycles. The molecule has 0 rings (SSSR count). The van der Waals surface area contributed by atoms with E-state index in [1.807, 2.05) is 81.6 Å². The Kier molecular flexibility index (Phi) is 22.2. The predicted octanol–water partition coefficient (Wildman–Crippen LogP) is 5.82. The van der Waals surface area contributed by atoms with Crippen LogP contribution < -0.4 is 0 Å². The second-order valence-corrected chi connectivity index (χ2v) is 20.0. The summed E-state index contributed by atoms with van der Waals surface area (Å²) in [7, 11) is -8.89. The first-order chi connectivity index (χ1) is 16.9. The number of rotatable bonds is 20. The van der Waals surface area contributed by atoms with Crippen LogP contribution in [-0.4, -0.2) is 87.1 Å². The Balaban J connectivity index is 0. The van der Waals surface area contributed by atoms with E-state index in [1.54, 1.807) is 0 Å². The summed E-state index contributed by atoms with van der Waals surface area (Å²) in [5.74, 6) is 0. The highest BCUT2D eigenvalue weighted by Crippen LogP contribution is 2.16. The van der Waals surface area contributed by atoms with Crippen molar-refractivity contribution in [2.75, 3.05) is 52.9 Å². The summed E-state index contributed by atoms with van der Waals surface area (Å²) < 4.78 is 46.1. The Labute approximate surface area is 226 Å². The Hall–Kier alpha value is 0.0275. The molecule has 12 heteroatoms. The summed E-state index contributed by atoms with van der Waals surface area (Å²) in [4.78, 5) is 0. The molecule has 0 unspecified atom stereocenters. The summed E-state index contributed by atoms with van der Waals surface area (Å²) in [6, 6.07) is 0. The Morgan fingerprint density at radius 3 is 0.500 bits per heavy atom. The largest absolute Gasteiger partial charge is 0.392 e.